The Morgan fingerprint density at radius 2 is 2.06 bits per heavy atom. The predicted octanol–water partition coefficient (Wildman–Crippen LogP) is 3.18. The van der Waals surface area contributed by atoms with Gasteiger partial charge in [0.25, 0.3) is 5.91 Å². The molecule has 1 saturated heterocycles. The van der Waals surface area contributed by atoms with Crippen LogP contribution in [-0.4, -0.2) is 49.5 Å². The largest absolute Gasteiger partial charge is 0.467 e. The molecule has 1 aliphatic rings. The molecule has 1 amide bonds. The summed E-state index contributed by atoms with van der Waals surface area (Å²) < 4.78 is 10.4. The van der Waals surface area contributed by atoms with Gasteiger partial charge in [0.2, 0.25) is 0 Å². The third-order valence-electron chi connectivity index (χ3n) is 5.20. The third kappa shape index (κ3) is 7.25. The Kier molecular flexibility index (Phi) is 10.5. The van der Waals surface area contributed by atoms with Crippen LogP contribution in [0.3, 0.4) is 0 Å². The zero-order chi connectivity index (χ0) is 22.1. The standard InChI is InChI=1S/C23H30N4O4.HI/c1-3-30-22(29)19-9-5-11-27(16-19)23(24-2)26-14-17-7-4-8-18(13-17)21(28)25-15-20-10-6-12-31-20;/h4,6-8,10,12-13,19H,3,5,9,11,14-16H2,1-2H3,(H,24,26)(H,25,28);1H. The van der Waals surface area contributed by atoms with Crippen molar-refractivity contribution in [3.05, 3.63) is 59.5 Å². The fraction of sp³-hybridized carbons (Fsp3) is 0.435. The molecule has 8 nitrogen and oxygen atoms in total. The second-order valence-electron chi connectivity index (χ2n) is 7.40. The minimum atomic E-state index is -0.157. The van der Waals surface area contributed by atoms with Gasteiger partial charge in [0, 0.05) is 32.2 Å². The van der Waals surface area contributed by atoms with Crippen molar-refractivity contribution in [3.63, 3.8) is 0 Å². The van der Waals surface area contributed by atoms with Crippen LogP contribution in [0.5, 0.6) is 0 Å². The number of hydrogen-bond donors (Lipinski definition) is 2. The highest BCUT2D eigenvalue weighted by Crippen LogP contribution is 2.18. The lowest BCUT2D eigenvalue weighted by Gasteiger charge is -2.34. The van der Waals surface area contributed by atoms with E-state index in [2.05, 4.69) is 20.5 Å². The van der Waals surface area contributed by atoms with Crippen molar-refractivity contribution >= 4 is 41.8 Å². The number of benzene rings is 1. The summed E-state index contributed by atoms with van der Waals surface area (Å²) in [5.74, 6) is 1.01. The van der Waals surface area contributed by atoms with E-state index in [0.29, 0.717) is 37.6 Å². The highest BCUT2D eigenvalue weighted by molar-refractivity contribution is 14.0. The fourth-order valence-electron chi connectivity index (χ4n) is 3.64. The summed E-state index contributed by atoms with van der Waals surface area (Å²) >= 11 is 0. The zero-order valence-electron chi connectivity index (χ0n) is 18.5. The fourth-order valence-corrected chi connectivity index (χ4v) is 3.64. The first-order valence-electron chi connectivity index (χ1n) is 10.6. The number of guanidine groups is 1. The number of ether oxygens (including phenoxy) is 1. The van der Waals surface area contributed by atoms with E-state index in [9.17, 15) is 9.59 Å². The Balaban J connectivity index is 0.00000363. The number of hydrogen-bond acceptors (Lipinski definition) is 5. The highest BCUT2D eigenvalue weighted by atomic mass is 127. The van der Waals surface area contributed by atoms with Crippen LogP contribution in [0.2, 0.25) is 0 Å². The molecule has 32 heavy (non-hydrogen) atoms. The number of esters is 1. The van der Waals surface area contributed by atoms with Gasteiger partial charge < -0.3 is 24.7 Å². The van der Waals surface area contributed by atoms with Crippen molar-refractivity contribution in [2.45, 2.75) is 32.9 Å². The molecular formula is C23H31IN4O4. The number of halogens is 1. The molecule has 0 radical (unpaired) electrons. The minimum Gasteiger partial charge on any atom is -0.467 e. The number of furan rings is 1. The number of amides is 1. The Morgan fingerprint density at radius 1 is 1.22 bits per heavy atom. The lowest BCUT2D eigenvalue weighted by atomic mass is 9.98. The summed E-state index contributed by atoms with van der Waals surface area (Å²) in [6, 6.07) is 11.1. The number of likely N-dealkylation sites (tertiary alicyclic amines) is 1. The van der Waals surface area contributed by atoms with Crippen molar-refractivity contribution < 1.29 is 18.7 Å². The number of rotatable bonds is 7. The van der Waals surface area contributed by atoms with Gasteiger partial charge in [-0.3, -0.25) is 14.6 Å². The Hall–Kier alpha value is -2.56. The first-order valence-corrected chi connectivity index (χ1v) is 10.6. The molecule has 1 aromatic carbocycles. The van der Waals surface area contributed by atoms with Gasteiger partial charge in [0.1, 0.15) is 5.76 Å². The van der Waals surface area contributed by atoms with Crippen LogP contribution in [0.25, 0.3) is 0 Å². The molecule has 1 aromatic heterocycles. The SMILES string of the molecule is CCOC(=O)C1CCCN(C(=NC)NCc2cccc(C(=O)NCc3ccco3)c2)C1.I. The van der Waals surface area contributed by atoms with Crippen LogP contribution in [0.15, 0.2) is 52.1 Å². The summed E-state index contributed by atoms with van der Waals surface area (Å²) in [4.78, 5) is 31.0. The number of nitrogens with zero attached hydrogens (tertiary/aromatic N) is 2. The van der Waals surface area contributed by atoms with Crippen LogP contribution >= 0.6 is 24.0 Å². The highest BCUT2D eigenvalue weighted by Gasteiger charge is 2.28. The van der Waals surface area contributed by atoms with Gasteiger partial charge in [0.05, 0.1) is 25.3 Å². The van der Waals surface area contributed by atoms with E-state index in [4.69, 9.17) is 9.15 Å². The lowest BCUT2D eigenvalue weighted by Crippen LogP contribution is -2.48. The Bertz CT molecular complexity index is 901. The number of carbonyl (C=O) groups excluding carboxylic acids is 2. The van der Waals surface area contributed by atoms with E-state index in [1.54, 1.807) is 25.4 Å². The summed E-state index contributed by atoms with van der Waals surface area (Å²) in [6.07, 6.45) is 3.33. The first kappa shape index (κ1) is 25.7. The molecule has 2 N–H and O–H groups in total. The summed E-state index contributed by atoms with van der Waals surface area (Å²) in [6.45, 7) is 4.51. The normalized spacial score (nSPS) is 16.1. The third-order valence-corrected chi connectivity index (χ3v) is 5.20. The maximum Gasteiger partial charge on any atom is 0.310 e. The molecule has 2 heterocycles. The quantitative estimate of drug-likeness (QED) is 0.236. The van der Waals surface area contributed by atoms with Crippen LogP contribution in [0, 0.1) is 5.92 Å². The minimum absolute atomic E-state index is 0. The molecule has 1 fully saturated rings. The van der Waals surface area contributed by atoms with Gasteiger partial charge in [-0.25, -0.2) is 0 Å². The van der Waals surface area contributed by atoms with Gasteiger partial charge in [-0.1, -0.05) is 12.1 Å². The van der Waals surface area contributed by atoms with Crippen LogP contribution < -0.4 is 10.6 Å². The molecule has 0 saturated carbocycles. The van der Waals surface area contributed by atoms with E-state index < -0.39 is 0 Å². The number of piperidine rings is 1. The molecule has 9 heteroatoms. The lowest BCUT2D eigenvalue weighted by molar-refractivity contribution is -0.149. The van der Waals surface area contributed by atoms with E-state index >= 15 is 0 Å². The van der Waals surface area contributed by atoms with Crippen LogP contribution in [0.4, 0.5) is 0 Å². The van der Waals surface area contributed by atoms with Gasteiger partial charge in [0.15, 0.2) is 5.96 Å². The van der Waals surface area contributed by atoms with Gasteiger partial charge in [-0.15, -0.1) is 24.0 Å². The topological polar surface area (TPSA) is 96.2 Å². The molecule has 3 rings (SSSR count). The van der Waals surface area contributed by atoms with Crippen molar-refractivity contribution in [1.29, 1.82) is 0 Å². The van der Waals surface area contributed by atoms with E-state index in [0.717, 1.165) is 30.9 Å². The monoisotopic (exact) mass is 554 g/mol. The van der Waals surface area contributed by atoms with Crippen molar-refractivity contribution in [2.75, 3.05) is 26.7 Å². The van der Waals surface area contributed by atoms with E-state index in [-0.39, 0.29) is 41.8 Å². The van der Waals surface area contributed by atoms with Gasteiger partial charge >= 0.3 is 5.97 Å². The maximum atomic E-state index is 12.4. The van der Waals surface area contributed by atoms with E-state index in [1.807, 2.05) is 31.2 Å². The smallest absolute Gasteiger partial charge is 0.310 e. The molecule has 174 valence electrons. The van der Waals surface area contributed by atoms with Crippen LogP contribution in [0.1, 0.15) is 41.4 Å². The predicted molar refractivity (Wildman–Crippen MR) is 133 cm³/mol. The number of nitrogens with one attached hydrogen (secondary N) is 2. The van der Waals surface area contributed by atoms with Gasteiger partial charge in [-0.2, -0.15) is 0 Å². The average Bonchev–Trinajstić information content (AvgIpc) is 3.32. The molecule has 1 atom stereocenters. The van der Waals surface area contributed by atoms with Crippen LogP contribution in [-0.2, 0) is 22.6 Å². The molecule has 0 aliphatic carbocycles. The van der Waals surface area contributed by atoms with Crippen molar-refractivity contribution in [2.24, 2.45) is 10.9 Å². The molecule has 0 spiro atoms. The molecule has 1 aliphatic heterocycles. The van der Waals surface area contributed by atoms with Crippen molar-refractivity contribution in [1.82, 2.24) is 15.5 Å². The summed E-state index contributed by atoms with van der Waals surface area (Å²) in [5, 5.41) is 6.20. The molecule has 2 aromatic rings. The maximum absolute atomic E-state index is 12.4. The Labute approximate surface area is 205 Å². The second-order valence-corrected chi connectivity index (χ2v) is 7.40. The number of aliphatic imine (C=N–C) groups is 1. The summed E-state index contributed by atoms with van der Waals surface area (Å²) in [5.41, 5.74) is 1.55. The molecule has 1 unspecified atom stereocenters. The molecular weight excluding hydrogens is 523 g/mol. The summed E-state index contributed by atoms with van der Waals surface area (Å²) in [7, 11) is 1.73. The second kappa shape index (κ2) is 13.1. The molecule has 0 bridgehead atoms. The first-order chi connectivity index (χ1) is 15.1. The number of carbonyl (C=O) groups is 2. The average molecular weight is 554 g/mol. The zero-order valence-corrected chi connectivity index (χ0v) is 20.8. The van der Waals surface area contributed by atoms with Crippen molar-refractivity contribution in [3.8, 4) is 0 Å². The van der Waals surface area contributed by atoms with Gasteiger partial charge in [-0.05, 0) is 49.6 Å². The Morgan fingerprint density at radius 3 is 2.78 bits per heavy atom. The van der Waals surface area contributed by atoms with E-state index in [1.165, 1.54) is 0 Å².